The first-order valence-corrected chi connectivity index (χ1v) is 18.6. The molecule has 2 aromatic heterocycles. The van der Waals surface area contributed by atoms with Crippen LogP contribution in [0.5, 0.6) is 0 Å². The molecule has 2 aromatic carbocycles. The highest BCUT2D eigenvalue weighted by atomic mass is 35.5. The molecule has 4 aromatic rings. The number of carbonyl (C=O) groups excluding carboxylic acids is 1. The van der Waals surface area contributed by atoms with Gasteiger partial charge in [-0.2, -0.15) is 0 Å². The van der Waals surface area contributed by atoms with Crippen LogP contribution in [0.15, 0.2) is 53.8 Å². The van der Waals surface area contributed by atoms with Crippen molar-refractivity contribution >= 4 is 82.6 Å². The molecule has 18 nitrogen and oxygen atoms in total. The molecule has 58 heavy (non-hydrogen) atoms. The largest absolute Gasteiger partial charge is 0.478 e. The highest BCUT2D eigenvalue weighted by Crippen LogP contribution is 2.34. The van der Waals surface area contributed by atoms with Gasteiger partial charge in [-0.25, -0.2) is 42.3 Å². The second kappa shape index (κ2) is 16.2. The van der Waals surface area contributed by atoms with E-state index in [2.05, 4.69) is 10.3 Å². The maximum Gasteiger partial charge on any atom is 0.353 e. The Labute approximate surface area is 351 Å². The van der Waals surface area contributed by atoms with Crippen molar-refractivity contribution in [1.29, 1.82) is 0 Å². The Hall–Kier alpha value is -5.22. The van der Waals surface area contributed by atoms with Gasteiger partial charge in [0, 0.05) is 52.2 Å². The van der Waals surface area contributed by atoms with E-state index in [0.29, 0.717) is 10.1 Å². The fourth-order valence-corrected chi connectivity index (χ4v) is 6.84. The molecular weight excluding hydrogens is 870 g/mol. The quantitative estimate of drug-likeness (QED) is 0.208. The van der Waals surface area contributed by atoms with Gasteiger partial charge in [0.2, 0.25) is 11.2 Å². The second-order valence-electron chi connectivity index (χ2n) is 13.3. The van der Waals surface area contributed by atoms with Crippen LogP contribution in [0.4, 0.5) is 4.39 Å². The first kappa shape index (κ1) is 43.9. The zero-order valence-electron chi connectivity index (χ0n) is 31.5. The summed E-state index contributed by atoms with van der Waals surface area (Å²) in [6.45, 7) is 4.70. The van der Waals surface area contributed by atoms with Crippen LogP contribution in [0.3, 0.4) is 0 Å². The SMILES string of the molecule is CCOC(=O)C1(C)CC(c2cc(-n3c(=O)n(C)c(=S)n(C)c3=O)c(F)cc2Cl)=NO1.Cn1c(=S)n(C)c(=O)n(-c2cc(C3=NOC(C)(C(=O)O)C3)c(Cl)cc2Cl)c1=O. The second-order valence-corrected chi connectivity index (χ2v) is 15.2. The van der Waals surface area contributed by atoms with Crippen molar-refractivity contribution in [2.24, 2.45) is 38.5 Å². The van der Waals surface area contributed by atoms with Crippen LogP contribution in [0.1, 0.15) is 44.7 Å². The lowest BCUT2D eigenvalue weighted by atomic mass is 9.95. The minimum atomic E-state index is -1.54. The van der Waals surface area contributed by atoms with E-state index >= 15 is 0 Å². The lowest BCUT2D eigenvalue weighted by Gasteiger charge is -2.18. The number of ether oxygens (including phenoxy) is 1. The van der Waals surface area contributed by atoms with Crippen molar-refractivity contribution in [3.8, 4) is 11.4 Å². The Morgan fingerprint density at radius 2 is 1.14 bits per heavy atom. The fraction of sp³-hybridized carbons (Fsp3) is 0.353. The van der Waals surface area contributed by atoms with Gasteiger partial charge in [-0.3, -0.25) is 18.3 Å². The maximum absolute atomic E-state index is 14.7. The lowest BCUT2D eigenvalue weighted by molar-refractivity contribution is -0.166. The molecule has 1 N–H and O–H groups in total. The van der Waals surface area contributed by atoms with E-state index in [1.54, 1.807) is 6.92 Å². The average Bonchev–Trinajstić information content (AvgIpc) is 3.78. The van der Waals surface area contributed by atoms with E-state index in [-0.39, 0.29) is 72.4 Å². The van der Waals surface area contributed by atoms with Crippen LogP contribution in [0.2, 0.25) is 15.1 Å². The van der Waals surface area contributed by atoms with E-state index in [1.807, 2.05) is 0 Å². The summed E-state index contributed by atoms with van der Waals surface area (Å²) in [5.74, 6) is -2.69. The standard InChI is InChI=1S/C18H18ClFN4O5S.C16H14Cl2N4O5S/c1-5-28-14(25)18(2)8-12(21-29-18)9-6-13(11(20)7-10(9)19)24-15(26)22(3)17(30)23(4)16(24)27;1-16(12(23)24)6-10(19-27-16)7-4-11(9(18)5-8(7)17)22-13(25)20(2)15(28)21(3)14(22)26/h6-7H,5,8H2,1-4H3;4-5H,6H2,1-3H3,(H,23,24). The number of aromatic nitrogens is 6. The van der Waals surface area contributed by atoms with Gasteiger partial charge in [0.05, 0.1) is 44.5 Å². The molecule has 0 saturated carbocycles. The van der Waals surface area contributed by atoms with Crippen LogP contribution < -0.4 is 22.8 Å². The Balaban J connectivity index is 0.000000221. The fourth-order valence-electron chi connectivity index (χ4n) is 5.69. The number of halogens is 4. The van der Waals surface area contributed by atoms with Crippen molar-refractivity contribution in [1.82, 2.24) is 27.4 Å². The summed E-state index contributed by atoms with van der Waals surface area (Å²) in [6, 6.07) is 4.91. The van der Waals surface area contributed by atoms with E-state index in [1.165, 1.54) is 60.2 Å². The van der Waals surface area contributed by atoms with E-state index in [9.17, 15) is 38.3 Å². The van der Waals surface area contributed by atoms with Crippen molar-refractivity contribution in [3.05, 3.63) is 108 Å². The van der Waals surface area contributed by atoms with Crippen molar-refractivity contribution in [3.63, 3.8) is 0 Å². The zero-order chi connectivity index (χ0) is 43.3. The summed E-state index contributed by atoms with van der Waals surface area (Å²) >= 11 is 28.8. The first-order valence-electron chi connectivity index (χ1n) is 16.7. The summed E-state index contributed by atoms with van der Waals surface area (Å²) < 4.78 is 25.6. The van der Waals surface area contributed by atoms with Gasteiger partial charge in [0.15, 0.2) is 9.54 Å². The highest BCUT2D eigenvalue weighted by Gasteiger charge is 2.45. The molecular formula is C34H32Cl3FN8O10S2. The van der Waals surface area contributed by atoms with Crippen molar-refractivity contribution in [2.75, 3.05) is 6.61 Å². The Kier molecular flexibility index (Phi) is 12.3. The monoisotopic (exact) mass is 900 g/mol. The summed E-state index contributed by atoms with van der Waals surface area (Å²) in [5, 5.41) is 17.2. The number of carbonyl (C=O) groups is 2. The lowest BCUT2D eigenvalue weighted by Crippen LogP contribution is -2.44. The van der Waals surface area contributed by atoms with E-state index < -0.39 is 51.7 Å². The molecule has 2 atom stereocenters. The zero-order valence-corrected chi connectivity index (χ0v) is 35.4. The van der Waals surface area contributed by atoms with Crippen LogP contribution in [0, 0.1) is 15.4 Å². The van der Waals surface area contributed by atoms with Gasteiger partial charge in [-0.05, 0) is 69.5 Å². The highest BCUT2D eigenvalue weighted by molar-refractivity contribution is 7.71. The van der Waals surface area contributed by atoms with Gasteiger partial charge in [-0.15, -0.1) is 0 Å². The molecule has 2 aliphatic rings. The molecule has 2 unspecified atom stereocenters. The van der Waals surface area contributed by atoms with Crippen LogP contribution >= 0.6 is 59.2 Å². The molecule has 0 aliphatic carbocycles. The van der Waals surface area contributed by atoms with Crippen LogP contribution in [-0.2, 0) is 52.2 Å². The molecule has 0 saturated heterocycles. The number of hydrogen-bond acceptors (Lipinski definition) is 13. The number of carboxylic acids is 1. The molecule has 4 heterocycles. The van der Waals surface area contributed by atoms with Gasteiger partial charge in [0.1, 0.15) is 5.82 Å². The number of benzene rings is 2. The number of esters is 1. The average molecular weight is 902 g/mol. The van der Waals surface area contributed by atoms with Crippen LogP contribution in [0.25, 0.3) is 11.4 Å². The van der Waals surface area contributed by atoms with Gasteiger partial charge >= 0.3 is 34.7 Å². The molecule has 6 rings (SSSR count). The molecule has 308 valence electrons. The smallest absolute Gasteiger partial charge is 0.353 e. The molecule has 0 fully saturated rings. The summed E-state index contributed by atoms with van der Waals surface area (Å²) in [5.41, 5.74) is -5.21. The summed E-state index contributed by atoms with van der Waals surface area (Å²) in [4.78, 5) is 84.4. The number of rotatable bonds is 7. The Morgan fingerprint density at radius 1 is 0.741 bits per heavy atom. The van der Waals surface area contributed by atoms with Crippen molar-refractivity contribution < 1.29 is 33.5 Å². The summed E-state index contributed by atoms with van der Waals surface area (Å²) in [6.07, 6.45) is -0.0582. The Morgan fingerprint density at radius 3 is 1.57 bits per heavy atom. The van der Waals surface area contributed by atoms with Gasteiger partial charge in [0.25, 0.3) is 0 Å². The number of hydrogen-bond donors (Lipinski definition) is 1. The third-order valence-corrected chi connectivity index (χ3v) is 11.1. The van der Waals surface area contributed by atoms with Gasteiger partial charge in [-0.1, -0.05) is 45.1 Å². The van der Waals surface area contributed by atoms with E-state index in [4.69, 9.17) is 73.7 Å². The minimum Gasteiger partial charge on any atom is -0.478 e. The number of nitrogens with zero attached hydrogens (tertiary/aromatic N) is 8. The third kappa shape index (κ3) is 7.71. The Bertz CT molecular complexity index is 2800. The molecule has 0 spiro atoms. The van der Waals surface area contributed by atoms with Gasteiger partial charge < -0.3 is 19.5 Å². The predicted octanol–water partition coefficient (Wildman–Crippen LogP) is 3.72. The number of carboxylic acid groups (broad SMARTS) is 1. The summed E-state index contributed by atoms with van der Waals surface area (Å²) in [7, 11) is 5.60. The van der Waals surface area contributed by atoms with Crippen LogP contribution in [-0.4, -0.2) is 73.7 Å². The third-order valence-electron chi connectivity index (χ3n) is 9.12. The number of aliphatic carboxylic acids is 1. The first-order chi connectivity index (χ1) is 27.0. The normalized spacial score (nSPS) is 18.4. The van der Waals surface area contributed by atoms with Crippen molar-refractivity contribution in [2.45, 2.75) is 44.8 Å². The molecule has 0 amide bonds. The topological polar surface area (TPSA) is 205 Å². The number of oxime groups is 2. The molecule has 2 aliphatic heterocycles. The molecule has 0 bridgehead atoms. The molecule has 24 heteroatoms. The molecule has 0 radical (unpaired) electrons. The minimum absolute atomic E-state index is 0.00239. The van der Waals surface area contributed by atoms with E-state index in [0.717, 1.165) is 28.9 Å². The predicted molar refractivity (Wildman–Crippen MR) is 215 cm³/mol. The maximum atomic E-state index is 14.7.